The number of benzene rings is 2. The number of aromatic hydroxyl groups is 1. The van der Waals surface area contributed by atoms with Gasteiger partial charge in [-0.25, -0.2) is 9.48 Å². The molecule has 1 atom stereocenters. The molecule has 1 spiro atoms. The number of carbonyl (C=O) groups is 1. The molecule has 13 heteroatoms. The van der Waals surface area contributed by atoms with Gasteiger partial charge >= 0.3 is 5.97 Å². The molecular weight excluding hydrogens is 675 g/mol. The predicted molar refractivity (Wildman–Crippen MR) is 192 cm³/mol. The van der Waals surface area contributed by atoms with Gasteiger partial charge < -0.3 is 35.4 Å². The molecule has 0 bridgehead atoms. The van der Waals surface area contributed by atoms with E-state index in [1.54, 1.807) is 24.3 Å². The lowest BCUT2D eigenvalue weighted by Gasteiger charge is -2.51. The minimum Gasteiger partial charge on any atom is -0.508 e. The van der Waals surface area contributed by atoms with Gasteiger partial charge in [-0.15, -0.1) is 27.8 Å². The number of carbonyl (C=O) groups excluding carboxylic acids is 1. The molecule has 0 radical (unpaired) electrons. The highest BCUT2D eigenvalue weighted by atomic mass is 32.1. The molecule has 0 amide bonds. The van der Waals surface area contributed by atoms with Crippen molar-refractivity contribution in [3.05, 3.63) is 97.9 Å². The van der Waals surface area contributed by atoms with E-state index in [0.717, 1.165) is 74.9 Å². The van der Waals surface area contributed by atoms with Gasteiger partial charge in [-0.3, -0.25) is 0 Å². The van der Waals surface area contributed by atoms with Crippen molar-refractivity contribution < 1.29 is 30.0 Å². The number of aromatic nitrogens is 3. The number of aliphatic hydroxyl groups is 3. The average molecular weight is 718 g/mol. The Hall–Kier alpha value is -3.69. The Bertz CT molecular complexity index is 1850. The van der Waals surface area contributed by atoms with E-state index in [1.165, 1.54) is 28.7 Å². The van der Waals surface area contributed by atoms with Crippen LogP contribution in [0.25, 0.3) is 11.0 Å². The average Bonchev–Trinajstić information content (AvgIpc) is 3.92. The first kappa shape index (κ1) is 34.7. The molecule has 2 aromatic carbocycles. The second-order valence-corrected chi connectivity index (χ2v) is 15.5. The topological polar surface area (TPSA) is 153 Å². The fraction of sp³-hybridized carbons (Fsp3) is 0.432. The highest BCUT2D eigenvalue weighted by molar-refractivity contribution is 7.12. The van der Waals surface area contributed by atoms with Crippen molar-refractivity contribution in [2.45, 2.75) is 69.6 Å². The van der Waals surface area contributed by atoms with Gasteiger partial charge in [0, 0.05) is 25.2 Å². The molecule has 1 aliphatic heterocycles. The van der Waals surface area contributed by atoms with Crippen LogP contribution in [0.1, 0.15) is 64.7 Å². The lowest BCUT2D eigenvalue weighted by atomic mass is 9.61. The number of hydrogen-bond acceptors (Lipinski definition) is 12. The van der Waals surface area contributed by atoms with Crippen LogP contribution >= 0.6 is 22.7 Å². The molecule has 4 heterocycles. The number of hydrogen-bond donors (Lipinski definition) is 5. The molecule has 5 aromatic rings. The molecule has 1 saturated carbocycles. The van der Waals surface area contributed by atoms with Crippen molar-refractivity contribution in [2.24, 2.45) is 5.41 Å². The fourth-order valence-electron chi connectivity index (χ4n) is 7.32. The molecular formula is C37H43N5O6S2. The molecule has 2 aliphatic rings. The van der Waals surface area contributed by atoms with Crippen molar-refractivity contribution in [2.75, 3.05) is 26.2 Å². The number of fused-ring (bicyclic) bond motifs is 1. The molecule has 1 aliphatic carbocycles. The number of phenols is 1. The van der Waals surface area contributed by atoms with Gasteiger partial charge in [-0.05, 0) is 115 Å². The van der Waals surface area contributed by atoms with Gasteiger partial charge in [0.05, 0.1) is 28.0 Å². The number of rotatable bonds is 14. The van der Waals surface area contributed by atoms with Crippen molar-refractivity contribution in [1.82, 2.24) is 25.2 Å². The Labute approximate surface area is 298 Å². The van der Waals surface area contributed by atoms with Crippen LogP contribution in [0.4, 0.5) is 0 Å². The number of thiophene rings is 2. The summed E-state index contributed by atoms with van der Waals surface area (Å²) in [4.78, 5) is 17.0. The van der Waals surface area contributed by atoms with Crippen molar-refractivity contribution >= 4 is 39.7 Å². The number of ether oxygens (including phenoxy) is 1. The van der Waals surface area contributed by atoms with Crippen LogP contribution in [0, 0.1) is 5.41 Å². The first-order chi connectivity index (χ1) is 24.3. The zero-order valence-electron chi connectivity index (χ0n) is 27.8. The van der Waals surface area contributed by atoms with Crippen molar-refractivity contribution in [3.8, 4) is 5.75 Å². The third-order valence-corrected chi connectivity index (χ3v) is 12.3. The minimum absolute atomic E-state index is 0.0130. The summed E-state index contributed by atoms with van der Waals surface area (Å²) in [6, 6.07) is 18.1. The molecule has 264 valence electrons. The summed E-state index contributed by atoms with van der Waals surface area (Å²) in [5, 5.41) is 57.0. The summed E-state index contributed by atoms with van der Waals surface area (Å²) in [5.74, 6) is -0.562. The third kappa shape index (κ3) is 7.22. The third-order valence-electron chi connectivity index (χ3n) is 10.3. The minimum atomic E-state index is -1.75. The van der Waals surface area contributed by atoms with Gasteiger partial charge in [-0.1, -0.05) is 29.5 Å². The van der Waals surface area contributed by atoms with E-state index in [0.29, 0.717) is 34.0 Å². The normalized spacial score (nSPS) is 17.3. The van der Waals surface area contributed by atoms with Crippen LogP contribution in [0.2, 0.25) is 0 Å². The van der Waals surface area contributed by atoms with E-state index in [2.05, 4.69) is 20.5 Å². The van der Waals surface area contributed by atoms with E-state index in [9.17, 15) is 25.2 Å². The molecule has 3 aromatic heterocycles. The summed E-state index contributed by atoms with van der Waals surface area (Å²) in [6.07, 6.45) is 3.91. The zero-order chi connectivity index (χ0) is 34.7. The lowest BCUT2D eigenvalue weighted by molar-refractivity contribution is -0.181. The highest BCUT2D eigenvalue weighted by Gasteiger charge is 2.51. The van der Waals surface area contributed by atoms with Crippen LogP contribution < -0.4 is 5.32 Å². The number of esters is 1. The number of aliphatic hydroxyl groups excluding tert-OH is 2. The Kier molecular flexibility index (Phi) is 10.3. The van der Waals surface area contributed by atoms with Gasteiger partial charge in [0.2, 0.25) is 5.60 Å². The maximum absolute atomic E-state index is 13.3. The lowest BCUT2D eigenvalue weighted by Crippen LogP contribution is -2.52. The number of piperidine rings is 1. The number of aryl methyl sites for hydroxylation is 1. The van der Waals surface area contributed by atoms with Crippen LogP contribution in [0.5, 0.6) is 5.75 Å². The van der Waals surface area contributed by atoms with Crippen LogP contribution in [0.3, 0.4) is 0 Å². The maximum atomic E-state index is 13.3. The second kappa shape index (κ2) is 14.9. The quantitative estimate of drug-likeness (QED) is 0.102. The molecule has 2 fully saturated rings. The number of nitrogens with zero attached hydrogens (tertiary/aromatic N) is 4. The number of nitrogens with one attached hydrogen (secondary N) is 1. The summed E-state index contributed by atoms with van der Waals surface area (Å²) >= 11 is 2.73. The van der Waals surface area contributed by atoms with Gasteiger partial charge in [0.1, 0.15) is 17.4 Å². The zero-order valence-corrected chi connectivity index (χ0v) is 29.4. The van der Waals surface area contributed by atoms with E-state index < -0.39 is 17.7 Å². The SMILES string of the molecule is O=C(OC1CC2(CCN(CCCn3nnc4cc(CNCC(O)c5ccc(O)c(CO)c5)ccc43)CC2)C1)C(O)(c1cccs1)c1cccs1. The summed E-state index contributed by atoms with van der Waals surface area (Å²) < 4.78 is 7.89. The fourth-order valence-corrected chi connectivity index (χ4v) is 9.04. The largest absolute Gasteiger partial charge is 0.508 e. The molecule has 5 N–H and O–H groups in total. The molecule has 11 nitrogen and oxygen atoms in total. The van der Waals surface area contributed by atoms with Crippen molar-refractivity contribution in [1.29, 1.82) is 0 Å². The van der Waals surface area contributed by atoms with Crippen LogP contribution in [0.15, 0.2) is 71.4 Å². The van der Waals surface area contributed by atoms with Crippen LogP contribution in [-0.2, 0) is 34.8 Å². The molecule has 1 unspecified atom stereocenters. The van der Waals surface area contributed by atoms with E-state index in [4.69, 9.17) is 4.74 Å². The predicted octanol–water partition coefficient (Wildman–Crippen LogP) is 4.69. The standard InChI is InChI=1S/C37H43N5O6S2/c43-24-27-19-26(7-9-31(27)44)32(45)23-38-22-25-6-8-30-29(18-25)39-40-42(30)13-3-12-41-14-10-36(11-15-41)20-28(21-36)48-35(46)37(47,33-4-1-16-49-33)34-5-2-17-50-34/h1-2,4-9,16-19,28,32,38,43-45,47H,3,10-15,20-24H2. The summed E-state index contributed by atoms with van der Waals surface area (Å²) in [6.45, 7) is 4.39. The van der Waals surface area contributed by atoms with Crippen LogP contribution in [-0.4, -0.2) is 78.6 Å². The monoisotopic (exact) mass is 717 g/mol. The molecule has 7 rings (SSSR count). The second-order valence-electron chi connectivity index (χ2n) is 13.6. The maximum Gasteiger partial charge on any atom is 0.349 e. The Morgan fingerprint density at radius 1 is 1.04 bits per heavy atom. The number of likely N-dealkylation sites (tertiary alicyclic amines) is 1. The Morgan fingerprint density at radius 3 is 2.46 bits per heavy atom. The summed E-state index contributed by atoms with van der Waals surface area (Å²) in [7, 11) is 0. The first-order valence-corrected chi connectivity index (χ1v) is 18.9. The molecule has 1 saturated heterocycles. The van der Waals surface area contributed by atoms with E-state index >= 15 is 0 Å². The highest BCUT2D eigenvalue weighted by Crippen LogP contribution is 2.51. The Balaban J connectivity index is 0.832. The van der Waals surface area contributed by atoms with Gasteiger partial charge in [0.25, 0.3) is 0 Å². The summed E-state index contributed by atoms with van der Waals surface area (Å²) in [5.41, 5.74) is 2.34. The Morgan fingerprint density at radius 2 is 1.78 bits per heavy atom. The van der Waals surface area contributed by atoms with E-state index in [-0.39, 0.29) is 23.9 Å². The van der Waals surface area contributed by atoms with Gasteiger partial charge in [-0.2, -0.15) is 0 Å². The molecule has 50 heavy (non-hydrogen) atoms. The van der Waals surface area contributed by atoms with Crippen molar-refractivity contribution in [3.63, 3.8) is 0 Å². The first-order valence-electron chi connectivity index (χ1n) is 17.1. The van der Waals surface area contributed by atoms with Gasteiger partial charge in [0.15, 0.2) is 0 Å². The smallest absolute Gasteiger partial charge is 0.349 e. The van der Waals surface area contributed by atoms with E-state index in [1.807, 2.05) is 45.8 Å².